The molecule has 2 aliphatic heterocycles. The number of nitrogens with zero attached hydrogens (tertiary/aromatic N) is 2. The van der Waals surface area contributed by atoms with Crippen molar-refractivity contribution < 1.29 is 4.79 Å². The van der Waals surface area contributed by atoms with E-state index in [-0.39, 0.29) is 5.92 Å². The standard InChI is InChI=1S/C13H22N2O/c1-11-3-9-15(10-4-11)13(16)12-5-7-14(2)8-6-12/h3,12H,4-10H2,1-2H3. The second-order valence-corrected chi connectivity index (χ2v) is 5.16. The van der Waals surface area contributed by atoms with Gasteiger partial charge in [0.1, 0.15) is 0 Å². The van der Waals surface area contributed by atoms with Crippen LogP contribution in [-0.2, 0) is 4.79 Å². The largest absolute Gasteiger partial charge is 0.338 e. The number of hydrogen-bond acceptors (Lipinski definition) is 2. The molecule has 0 N–H and O–H groups in total. The van der Waals surface area contributed by atoms with Gasteiger partial charge < -0.3 is 9.80 Å². The van der Waals surface area contributed by atoms with E-state index < -0.39 is 0 Å². The lowest BCUT2D eigenvalue weighted by Gasteiger charge is -2.33. The van der Waals surface area contributed by atoms with Gasteiger partial charge in [0, 0.05) is 19.0 Å². The van der Waals surface area contributed by atoms with Crippen molar-refractivity contribution in [1.82, 2.24) is 9.80 Å². The maximum Gasteiger partial charge on any atom is 0.226 e. The molecule has 90 valence electrons. The fourth-order valence-electron chi connectivity index (χ4n) is 2.48. The smallest absolute Gasteiger partial charge is 0.226 e. The highest BCUT2D eigenvalue weighted by molar-refractivity contribution is 5.79. The number of piperidine rings is 1. The Hall–Kier alpha value is -0.830. The predicted molar refractivity (Wildman–Crippen MR) is 65.2 cm³/mol. The fraction of sp³-hybridized carbons (Fsp3) is 0.769. The lowest BCUT2D eigenvalue weighted by Crippen LogP contribution is -2.43. The Morgan fingerprint density at radius 2 is 2.00 bits per heavy atom. The summed E-state index contributed by atoms with van der Waals surface area (Å²) < 4.78 is 0. The third kappa shape index (κ3) is 2.64. The number of likely N-dealkylation sites (tertiary alicyclic amines) is 1. The number of amides is 1. The molecule has 3 nitrogen and oxygen atoms in total. The molecule has 2 rings (SSSR count). The predicted octanol–water partition coefficient (Wildman–Crippen LogP) is 1.51. The molecule has 0 aromatic heterocycles. The van der Waals surface area contributed by atoms with Gasteiger partial charge in [-0.1, -0.05) is 11.6 Å². The van der Waals surface area contributed by atoms with Gasteiger partial charge in [0.15, 0.2) is 0 Å². The molecule has 1 amide bonds. The number of carbonyl (C=O) groups is 1. The topological polar surface area (TPSA) is 23.6 Å². The molecular formula is C13H22N2O. The molecule has 0 spiro atoms. The van der Waals surface area contributed by atoms with Crippen LogP contribution >= 0.6 is 0 Å². The molecule has 1 saturated heterocycles. The summed E-state index contributed by atoms with van der Waals surface area (Å²) in [5.41, 5.74) is 1.42. The minimum Gasteiger partial charge on any atom is -0.338 e. The van der Waals surface area contributed by atoms with E-state index in [0.717, 1.165) is 45.4 Å². The van der Waals surface area contributed by atoms with Crippen LogP contribution in [0.2, 0.25) is 0 Å². The SMILES string of the molecule is CC1=CCN(C(=O)C2CCN(C)CC2)CC1. The average Bonchev–Trinajstić information content (AvgIpc) is 2.30. The Morgan fingerprint density at radius 1 is 1.31 bits per heavy atom. The monoisotopic (exact) mass is 222 g/mol. The van der Waals surface area contributed by atoms with Gasteiger partial charge in [-0.05, 0) is 46.3 Å². The van der Waals surface area contributed by atoms with Gasteiger partial charge in [-0.25, -0.2) is 0 Å². The Labute approximate surface area is 98.1 Å². The summed E-state index contributed by atoms with van der Waals surface area (Å²) in [7, 11) is 2.13. The van der Waals surface area contributed by atoms with Crippen LogP contribution < -0.4 is 0 Å². The molecule has 3 heteroatoms. The van der Waals surface area contributed by atoms with E-state index in [1.165, 1.54) is 5.57 Å². The first-order chi connectivity index (χ1) is 7.66. The van der Waals surface area contributed by atoms with E-state index in [2.05, 4.69) is 24.9 Å². The van der Waals surface area contributed by atoms with Crippen molar-refractivity contribution in [2.24, 2.45) is 5.92 Å². The summed E-state index contributed by atoms with van der Waals surface area (Å²) in [5, 5.41) is 0. The third-order valence-electron chi connectivity index (χ3n) is 3.82. The quantitative estimate of drug-likeness (QED) is 0.628. The number of rotatable bonds is 1. The van der Waals surface area contributed by atoms with Crippen LogP contribution in [0.1, 0.15) is 26.2 Å². The van der Waals surface area contributed by atoms with Crippen molar-refractivity contribution in [2.45, 2.75) is 26.2 Å². The molecule has 2 aliphatic rings. The Balaban J connectivity index is 1.88. The zero-order chi connectivity index (χ0) is 11.5. The zero-order valence-corrected chi connectivity index (χ0v) is 10.4. The summed E-state index contributed by atoms with van der Waals surface area (Å²) in [6, 6.07) is 0. The second-order valence-electron chi connectivity index (χ2n) is 5.16. The van der Waals surface area contributed by atoms with Crippen LogP contribution in [0, 0.1) is 5.92 Å². The van der Waals surface area contributed by atoms with Gasteiger partial charge in [0.25, 0.3) is 0 Å². The van der Waals surface area contributed by atoms with Crippen molar-refractivity contribution in [2.75, 3.05) is 33.2 Å². The maximum atomic E-state index is 12.2. The average molecular weight is 222 g/mol. The van der Waals surface area contributed by atoms with Crippen molar-refractivity contribution in [1.29, 1.82) is 0 Å². The maximum absolute atomic E-state index is 12.2. The van der Waals surface area contributed by atoms with Gasteiger partial charge in [-0.3, -0.25) is 4.79 Å². The van der Waals surface area contributed by atoms with E-state index in [1.807, 2.05) is 4.90 Å². The van der Waals surface area contributed by atoms with Gasteiger partial charge in [0.2, 0.25) is 5.91 Å². The van der Waals surface area contributed by atoms with Crippen molar-refractivity contribution in [3.05, 3.63) is 11.6 Å². The van der Waals surface area contributed by atoms with Crippen LogP contribution in [0.25, 0.3) is 0 Å². The number of carbonyl (C=O) groups excluding carboxylic acids is 1. The van der Waals surface area contributed by atoms with Gasteiger partial charge in [-0.15, -0.1) is 0 Å². The van der Waals surface area contributed by atoms with Crippen LogP contribution in [-0.4, -0.2) is 48.9 Å². The van der Waals surface area contributed by atoms with Crippen LogP contribution in [0.5, 0.6) is 0 Å². The van der Waals surface area contributed by atoms with Gasteiger partial charge >= 0.3 is 0 Å². The Morgan fingerprint density at radius 3 is 2.56 bits per heavy atom. The van der Waals surface area contributed by atoms with Crippen molar-refractivity contribution in [3.8, 4) is 0 Å². The molecule has 16 heavy (non-hydrogen) atoms. The molecule has 0 bridgehead atoms. The molecule has 0 aliphatic carbocycles. The normalized spacial score (nSPS) is 24.4. The Bertz CT molecular complexity index is 290. The minimum absolute atomic E-state index is 0.281. The molecule has 0 radical (unpaired) electrons. The summed E-state index contributed by atoms with van der Waals surface area (Å²) >= 11 is 0. The summed E-state index contributed by atoms with van der Waals surface area (Å²) in [5.74, 6) is 0.667. The highest BCUT2D eigenvalue weighted by Crippen LogP contribution is 2.20. The van der Waals surface area contributed by atoms with Crippen LogP contribution in [0.4, 0.5) is 0 Å². The highest BCUT2D eigenvalue weighted by atomic mass is 16.2. The first-order valence-corrected chi connectivity index (χ1v) is 6.30. The third-order valence-corrected chi connectivity index (χ3v) is 3.82. The highest BCUT2D eigenvalue weighted by Gasteiger charge is 2.27. The first kappa shape index (κ1) is 11.6. The van der Waals surface area contributed by atoms with E-state index in [0.29, 0.717) is 5.91 Å². The second kappa shape index (κ2) is 5.00. The lowest BCUT2D eigenvalue weighted by molar-refractivity contribution is -0.136. The van der Waals surface area contributed by atoms with Crippen molar-refractivity contribution in [3.63, 3.8) is 0 Å². The zero-order valence-electron chi connectivity index (χ0n) is 10.4. The molecule has 1 fully saturated rings. The van der Waals surface area contributed by atoms with Gasteiger partial charge in [0.05, 0.1) is 0 Å². The summed E-state index contributed by atoms with van der Waals surface area (Å²) in [6.45, 7) is 6.04. The molecule has 0 aromatic carbocycles. The molecular weight excluding hydrogens is 200 g/mol. The molecule has 2 heterocycles. The van der Waals surface area contributed by atoms with E-state index >= 15 is 0 Å². The molecule has 0 saturated carbocycles. The molecule has 0 aromatic rings. The summed E-state index contributed by atoms with van der Waals surface area (Å²) in [4.78, 5) is 16.6. The van der Waals surface area contributed by atoms with Crippen LogP contribution in [0.3, 0.4) is 0 Å². The summed E-state index contributed by atoms with van der Waals surface area (Å²) in [6.07, 6.45) is 5.32. The van der Waals surface area contributed by atoms with E-state index in [9.17, 15) is 4.79 Å². The van der Waals surface area contributed by atoms with E-state index in [4.69, 9.17) is 0 Å². The molecule has 0 atom stereocenters. The van der Waals surface area contributed by atoms with Crippen molar-refractivity contribution >= 4 is 5.91 Å². The fourth-order valence-corrected chi connectivity index (χ4v) is 2.48. The Kier molecular flexibility index (Phi) is 3.64. The first-order valence-electron chi connectivity index (χ1n) is 6.30. The van der Waals surface area contributed by atoms with E-state index in [1.54, 1.807) is 0 Å². The molecule has 0 unspecified atom stereocenters. The van der Waals surface area contributed by atoms with Crippen LogP contribution in [0.15, 0.2) is 11.6 Å². The minimum atomic E-state index is 0.281. The lowest BCUT2D eigenvalue weighted by atomic mass is 9.95. The number of hydrogen-bond donors (Lipinski definition) is 0. The van der Waals surface area contributed by atoms with Gasteiger partial charge in [-0.2, -0.15) is 0 Å².